The van der Waals surface area contributed by atoms with Crippen LogP contribution in [-0.2, 0) is 24.1 Å². The largest absolute Gasteiger partial charge is 0.464 e. The first-order valence-corrected chi connectivity index (χ1v) is 7.81. The molecule has 1 atom stereocenters. The lowest BCUT2D eigenvalue weighted by Crippen LogP contribution is -2.37. The van der Waals surface area contributed by atoms with Crippen molar-refractivity contribution in [3.05, 3.63) is 35.1 Å². The van der Waals surface area contributed by atoms with Crippen LogP contribution in [0.1, 0.15) is 29.5 Å². The summed E-state index contributed by atoms with van der Waals surface area (Å²) in [6.07, 6.45) is 6.69. The lowest BCUT2D eigenvalue weighted by atomic mass is 10.0. The average molecular weight is 284 g/mol. The molecular weight excluding hydrogens is 264 g/mol. The summed E-state index contributed by atoms with van der Waals surface area (Å²) in [4.78, 5) is 12.2. The standard InChI is InChI=1S/C17H20N2O2/c20-17(19-14-4-5-18-9-14)8-13-10-21-16-7-12-3-1-2-11(12)6-15(13)16/h6-7,10,14,18H,1-5,8-9H2,(H,19,20). The van der Waals surface area contributed by atoms with Crippen molar-refractivity contribution in [2.45, 2.75) is 38.1 Å². The van der Waals surface area contributed by atoms with E-state index in [0.717, 1.165) is 48.9 Å². The summed E-state index contributed by atoms with van der Waals surface area (Å²) in [5, 5.41) is 7.46. The minimum atomic E-state index is 0.0897. The van der Waals surface area contributed by atoms with Crippen molar-refractivity contribution in [1.82, 2.24) is 10.6 Å². The molecule has 21 heavy (non-hydrogen) atoms. The van der Waals surface area contributed by atoms with Gasteiger partial charge in [0.25, 0.3) is 0 Å². The predicted molar refractivity (Wildman–Crippen MR) is 81.4 cm³/mol. The normalized spacial score (nSPS) is 20.9. The van der Waals surface area contributed by atoms with Crippen LogP contribution in [0.4, 0.5) is 0 Å². The Hall–Kier alpha value is -1.81. The highest BCUT2D eigenvalue weighted by molar-refractivity contribution is 5.88. The van der Waals surface area contributed by atoms with Gasteiger partial charge in [-0.2, -0.15) is 0 Å². The number of hydrogen-bond acceptors (Lipinski definition) is 3. The zero-order valence-electron chi connectivity index (χ0n) is 12.1. The van der Waals surface area contributed by atoms with Gasteiger partial charge in [0, 0.05) is 23.5 Å². The van der Waals surface area contributed by atoms with E-state index in [1.54, 1.807) is 6.26 Å². The zero-order chi connectivity index (χ0) is 14.2. The van der Waals surface area contributed by atoms with Gasteiger partial charge in [0.05, 0.1) is 12.7 Å². The Morgan fingerprint density at radius 1 is 1.33 bits per heavy atom. The highest BCUT2D eigenvalue weighted by Crippen LogP contribution is 2.30. The summed E-state index contributed by atoms with van der Waals surface area (Å²) >= 11 is 0. The second-order valence-electron chi connectivity index (χ2n) is 6.17. The van der Waals surface area contributed by atoms with Gasteiger partial charge in [-0.3, -0.25) is 4.79 Å². The van der Waals surface area contributed by atoms with Gasteiger partial charge in [-0.05, 0) is 55.5 Å². The fourth-order valence-electron chi connectivity index (χ4n) is 3.51. The number of fused-ring (bicyclic) bond motifs is 2. The molecule has 2 heterocycles. The van der Waals surface area contributed by atoms with Crippen LogP contribution in [-0.4, -0.2) is 25.0 Å². The van der Waals surface area contributed by atoms with Crippen molar-refractivity contribution in [1.29, 1.82) is 0 Å². The van der Waals surface area contributed by atoms with Crippen LogP contribution in [0.15, 0.2) is 22.8 Å². The Kier molecular flexibility index (Phi) is 3.19. The van der Waals surface area contributed by atoms with Crippen molar-refractivity contribution >= 4 is 16.9 Å². The Labute approximate surface area is 123 Å². The molecule has 2 aromatic rings. The van der Waals surface area contributed by atoms with E-state index in [1.807, 2.05) is 0 Å². The number of benzene rings is 1. The number of carbonyl (C=O) groups excluding carboxylic acids is 1. The highest BCUT2D eigenvalue weighted by atomic mass is 16.3. The maximum Gasteiger partial charge on any atom is 0.224 e. The Bertz CT molecular complexity index is 683. The van der Waals surface area contributed by atoms with Crippen LogP contribution < -0.4 is 10.6 Å². The van der Waals surface area contributed by atoms with Crippen LogP contribution >= 0.6 is 0 Å². The van der Waals surface area contributed by atoms with Gasteiger partial charge in [-0.1, -0.05) is 0 Å². The molecule has 0 spiro atoms. The van der Waals surface area contributed by atoms with Crippen LogP contribution in [0.5, 0.6) is 0 Å². The maximum atomic E-state index is 12.2. The number of hydrogen-bond donors (Lipinski definition) is 2. The van der Waals surface area contributed by atoms with Gasteiger partial charge < -0.3 is 15.1 Å². The van der Waals surface area contributed by atoms with Crippen molar-refractivity contribution < 1.29 is 9.21 Å². The van der Waals surface area contributed by atoms with Crippen LogP contribution in [0.25, 0.3) is 11.0 Å². The zero-order valence-corrected chi connectivity index (χ0v) is 12.1. The lowest BCUT2D eigenvalue weighted by Gasteiger charge is -2.10. The van der Waals surface area contributed by atoms with Crippen LogP contribution in [0, 0.1) is 0 Å². The van der Waals surface area contributed by atoms with E-state index in [-0.39, 0.29) is 11.9 Å². The second-order valence-corrected chi connectivity index (χ2v) is 6.17. The molecule has 1 aliphatic carbocycles. The molecule has 1 unspecified atom stereocenters. The summed E-state index contributed by atoms with van der Waals surface area (Å²) in [5.41, 5.74) is 4.75. The van der Waals surface area contributed by atoms with E-state index in [4.69, 9.17) is 4.42 Å². The number of aryl methyl sites for hydroxylation is 2. The molecule has 2 N–H and O–H groups in total. The molecule has 1 saturated heterocycles. The quantitative estimate of drug-likeness (QED) is 0.905. The third kappa shape index (κ3) is 2.44. The first kappa shape index (κ1) is 12.9. The number of nitrogens with one attached hydrogen (secondary N) is 2. The Morgan fingerprint density at radius 2 is 2.19 bits per heavy atom. The average Bonchev–Trinajstić information content (AvgIpc) is 3.18. The van der Waals surface area contributed by atoms with E-state index >= 15 is 0 Å². The highest BCUT2D eigenvalue weighted by Gasteiger charge is 2.19. The minimum Gasteiger partial charge on any atom is -0.464 e. The molecule has 1 amide bonds. The van der Waals surface area contributed by atoms with Crippen molar-refractivity contribution in [2.24, 2.45) is 0 Å². The minimum absolute atomic E-state index is 0.0897. The number of rotatable bonds is 3. The molecule has 0 saturated carbocycles. The monoisotopic (exact) mass is 284 g/mol. The first-order valence-electron chi connectivity index (χ1n) is 7.81. The van der Waals surface area contributed by atoms with Crippen molar-refractivity contribution in [2.75, 3.05) is 13.1 Å². The molecule has 1 fully saturated rings. The molecule has 2 aliphatic rings. The molecular formula is C17H20N2O2. The molecule has 4 heteroatoms. The van der Waals surface area contributed by atoms with E-state index in [2.05, 4.69) is 22.8 Å². The predicted octanol–water partition coefficient (Wildman–Crippen LogP) is 1.94. The van der Waals surface area contributed by atoms with E-state index in [9.17, 15) is 4.79 Å². The van der Waals surface area contributed by atoms with Gasteiger partial charge >= 0.3 is 0 Å². The number of amides is 1. The molecule has 1 aromatic heterocycles. The van der Waals surface area contributed by atoms with E-state index < -0.39 is 0 Å². The first-order chi connectivity index (χ1) is 10.3. The van der Waals surface area contributed by atoms with E-state index in [0.29, 0.717) is 6.42 Å². The van der Waals surface area contributed by atoms with Crippen molar-refractivity contribution in [3.8, 4) is 0 Å². The third-order valence-corrected chi connectivity index (χ3v) is 4.64. The van der Waals surface area contributed by atoms with Crippen molar-refractivity contribution in [3.63, 3.8) is 0 Å². The topological polar surface area (TPSA) is 54.3 Å². The fourth-order valence-corrected chi connectivity index (χ4v) is 3.51. The SMILES string of the molecule is O=C(Cc1coc2cc3c(cc12)CCC3)NC1CCNC1. The Morgan fingerprint density at radius 3 is 3.00 bits per heavy atom. The molecule has 0 radical (unpaired) electrons. The second kappa shape index (κ2) is 5.19. The van der Waals surface area contributed by atoms with E-state index in [1.165, 1.54) is 17.5 Å². The van der Waals surface area contributed by atoms with Crippen LogP contribution in [0.2, 0.25) is 0 Å². The van der Waals surface area contributed by atoms with Crippen LogP contribution in [0.3, 0.4) is 0 Å². The summed E-state index contributed by atoms with van der Waals surface area (Å²) < 4.78 is 5.65. The third-order valence-electron chi connectivity index (χ3n) is 4.64. The number of carbonyl (C=O) groups is 1. The van der Waals surface area contributed by atoms with Gasteiger partial charge in [-0.25, -0.2) is 0 Å². The molecule has 4 nitrogen and oxygen atoms in total. The fraction of sp³-hybridized carbons (Fsp3) is 0.471. The summed E-state index contributed by atoms with van der Waals surface area (Å²) in [6.45, 7) is 1.87. The van der Waals surface area contributed by atoms with Gasteiger partial charge in [0.2, 0.25) is 5.91 Å². The molecule has 0 bridgehead atoms. The maximum absolute atomic E-state index is 12.2. The van der Waals surface area contributed by atoms with Gasteiger partial charge in [0.1, 0.15) is 5.58 Å². The lowest BCUT2D eigenvalue weighted by molar-refractivity contribution is -0.121. The van der Waals surface area contributed by atoms with Gasteiger partial charge in [0.15, 0.2) is 0 Å². The molecule has 1 aliphatic heterocycles. The Balaban J connectivity index is 1.54. The summed E-state index contributed by atoms with van der Waals surface area (Å²) in [5.74, 6) is 0.0897. The molecule has 4 rings (SSSR count). The summed E-state index contributed by atoms with van der Waals surface area (Å²) in [7, 11) is 0. The summed E-state index contributed by atoms with van der Waals surface area (Å²) in [6, 6.07) is 4.65. The van der Waals surface area contributed by atoms with Gasteiger partial charge in [-0.15, -0.1) is 0 Å². The molecule has 1 aromatic carbocycles. The smallest absolute Gasteiger partial charge is 0.224 e. The number of furan rings is 1. The molecule has 110 valence electrons.